The van der Waals surface area contributed by atoms with Crippen LogP contribution < -0.4 is 10.3 Å². The first-order chi connectivity index (χ1) is 13.1. The summed E-state index contributed by atoms with van der Waals surface area (Å²) < 4.78 is 12.0. The van der Waals surface area contributed by atoms with E-state index in [1.807, 2.05) is 0 Å². The highest BCUT2D eigenvalue weighted by molar-refractivity contribution is 14.2. The standard InChI is InChI=1S/C21H27IN2O2S/c1-5-16-7-6-8-18-21(16)23-20-15(2)13-17(14-19(20)27(18)22)24(9-11-25-3)10-12-26-4/h6-8,13-14H,5,9-12H2,1-4H3. The van der Waals surface area contributed by atoms with Gasteiger partial charge in [-0.05, 0) is 63.9 Å². The number of fused-ring (bicyclic) bond motifs is 2. The van der Waals surface area contributed by atoms with E-state index in [9.17, 15) is 0 Å². The first kappa shape index (κ1) is 20.8. The Kier molecular flexibility index (Phi) is 7.30. The molecule has 6 heteroatoms. The molecular formula is C21H27IN2O2S. The predicted octanol–water partition coefficient (Wildman–Crippen LogP) is 4.85. The van der Waals surface area contributed by atoms with Crippen LogP contribution in [0.25, 0.3) is 0 Å². The number of benzene rings is 2. The molecule has 0 radical (unpaired) electrons. The van der Waals surface area contributed by atoms with Crippen LogP contribution in [0.3, 0.4) is 0 Å². The summed E-state index contributed by atoms with van der Waals surface area (Å²) in [6.07, 6.45) is 1.01. The Morgan fingerprint density at radius 3 is 2.44 bits per heavy atom. The maximum absolute atomic E-state index is 5.31. The molecule has 0 saturated carbocycles. The van der Waals surface area contributed by atoms with E-state index in [1.165, 1.54) is 31.6 Å². The van der Waals surface area contributed by atoms with Gasteiger partial charge in [-0.2, -0.15) is 0 Å². The molecule has 1 aliphatic rings. The van der Waals surface area contributed by atoms with E-state index in [2.05, 4.69) is 70.3 Å². The number of aryl methyl sites for hydroxylation is 2. The fraction of sp³-hybridized carbons (Fsp3) is 0.429. The maximum Gasteiger partial charge on any atom is 0.0808 e. The number of anilines is 1. The topological polar surface area (TPSA) is 34.1 Å². The molecule has 27 heavy (non-hydrogen) atoms. The minimum absolute atomic E-state index is 0.0134. The molecule has 0 saturated heterocycles. The monoisotopic (exact) mass is 498 g/mol. The lowest BCUT2D eigenvalue weighted by atomic mass is 10.1. The summed E-state index contributed by atoms with van der Waals surface area (Å²) in [5.41, 5.74) is 4.92. The molecule has 2 aromatic carbocycles. The summed E-state index contributed by atoms with van der Waals surface area (Å²) in [7, 11) is 3.48. The second kappa shape index (κ2) is 9.49. The average molecular weight is 498 g/mol. The van der Waals surface area contributed by atoms with E-state index >= 15 is 0 Å². The normalized spacial score (nSPS) is 15.1. The third kappa shape index (κ3) is 4.39. The van der Waals surface area contributed by atoms with Gasteiger partial charge < -0.3 is 14.4 Å². The molecule has 0 fully saturated rings. The lowest BCUT2D eigenvalue weighted by molar-refractivity contribution is 0.190. The van der Waals surface area contributed by atoms with Gasteiger partial charge in [0, 0.05) is 42.4 Å². The molecular weight excluding hydrogens is 471 g/mol. The molecule has 146 valence electrons. The number of ether oxygens (including phenoxy) is 2. The minimum Gasteiger partial charge on any atom is -0.383 e. The molecule has 0 N–H and O–H groups in total. The third-order valence-corrected chi connectivity index (χ3v) is 9.08. The van der Waals surface area contributed by atoms with Gasteiger partial charge >= 0.3 is 0 Å². The first-order valence-corrected chi connectivity index (χ1v) is 13.0. The molecule has 1 unspecified atom stereocenters. The highest BCUT2D eigenvalue weighted by Gasteiger charge is 2.18. The Bertz CT molecular complexity index is 938. The van der Waals surface area contributed by atoms with Gasteiger partial charge in [-0.1, -0.05) is 26.7 Å². The zero-order valence-corrected chi connectivity index (χ0v) is 19.4. The van der Waals surface area contributed by atoms with E-state index in [0.717, 1.165) is 25.2 Å². The van der Waals surface area contributed by atoms with E-state index in [1.54, 1.807) is 14.2 Å². The largest absolute Gasteiger partial charge is 0.383 e. The van der Waals surface area contributed by atoms with Crippen LogP contribution in [0.15, 0.2) is 40.2 Å². The predicted molar refractivity (Wildman–Crippen MR) is 122 cm³/mol. The molecule has 0 amide bonds. The van der Waals surface area contributed by atoms with Crippen LogP contribution in [0.4, 0.5) is 11.4 Å². The van der Waals surface area contributed by atoms with Crippen molar-refractivity contribution in [1.82, 2.24) is 0 Å². The highest BCUT2D eigenvalue weighted by Crippen LogP contribution is 2.47. The zero-order chi connectivity index (χ0) is 19.4. The molecule has 0 bridgehead atoms. The number of halogens is 1. The molecule has 1 aliphatic heterocycles. The first-order valence-electron chi connectivity index (χ1n) is 9.22. The fourth-order valence-electron chi connectivity index (χ4n) is 3.32. The Hall–Kier alpha value is -0.960. The molecule has 1 heterocycles. The third-order valence-electron chi connectivity index (χ3n) is 4.82. The maximum atomic E-state index is 5.31. The van der Waals surface area contributed by atoms with Crippen molar-refractivity contribution in [3.63, 3.8) is 0 Å². The van der Waals surface area contributed by atoms with Crippen LogP contribution in [0.5, 0.6) is 0 Å². The summed E-state index contributed by atoms with van der Waals surface area (Å²) in [5.74, 6) is 0. The molecule has 0 aromatic heterocycles. The van der Waals surface area contributed by atoms with Crippen molar-refractivity contribution in [3.05, 3.63) is 51.3 Å². The molecule has 3 rings (SSSR count). The van der Waals surface area contributed by atoms with Crippen molar-refractivity contribution < 1.29 is 9.47 Å². The summed E-state index contributed by atoms with van der Waals surface area (Å²) in [6.45, 7) is 7.46. The Morgan fingerprint density at radius 1 is 1.11 bits per heavy atom. The van der Waals surface area contributed by atoms with Crippen molar-refractivity contribution in [1.29, 1.82) is 0 Å². The van der Waals surface area contributed by atoms with Crippen molar-refractivity contribution in [2.45, 2.75) is 25.2 Å². The van der Waals surface area contributed by atoms with Crippen LogP contribution in [0.1, 0.15) is 18.1 Å². The molecule has 2 aromatic rings. The van der Waals surface area contributed by atoms with Crippen molar-refractivity contribution in [3.8, 4) is 0 Å². The van der Waals surface area contributed by atoms with Gasteiger partial charge in [-0.25, -0.2) is 4.99 Å². The van der Waals surface area contributed by atoms with Gasteiger partial charge in [0.1, 0.15) is 0 Å². The van der Waals surface area contributed by atoms with Crippen LogP contribution in [0.2, 0.25) is 0 Å². The summed E-state index contributed by atoms with van der Waals surface area (Å²) in [4.78, 5) is 8.75. The Balaban J connectivity index is 2.11. The quantitative estimate of drug-likeness (QED) is 0.386. The summed E-state index contributed by atoms with van der Waals surface area (Å²) in [5, 5.41) is 1.18. The summed E-state index contributed by atoms with van der Waals surface area (Å²) in [6, 6.07) is 11.2. The lowest BCUT2D eigenvalue weighted by Crippen LogP contribution is -2.30. The van der Waals surface area contributed by atoms with Gasteiger partial charge in [-0.15, -0.1) is 0 Å². The average Bonchev–Trinajstić information content (AvgIpc) is 2.68. The second-order valence-electron chi connectivity index (χ2n) is 6.57. The van der Waals surface area contributed by atoms with Crippen molar-refractivity contribution in [2.75, 3.05) is 45.4 Å². The number of rotatable bonds is 8. The van der Waals surface area contributed by atoms with Gasteiger partial charge in [0.2, 0.25) is 0 Å². The van der Waals surface area contributed by atoms with Crippen molar-refractivity contribution >= 4 is 40.2 Å². The lowest BCUT2D eigenvalue weighted by Gasteiger charge is -2.26. The van der Waals surface area contributed by atoms with Crippen LogP contribution in [0, 0.1) is 11.4 Å². The fourth-order valence-corrected chi connectivity index (χ4v) is 6.77. The number of hydrogen-bond acceptors (Lipinski definition) is 4. The molecule has 1 atom stereocenters. The second-order valence-corrected chi connectivity index (χ2v) is 10.6. The molecule has 4 nitrogen and oxygen atoms in total. The van der Waals surface area contributed by atoms with E-state index in [0.29, 0.717) is 13.2 Å². The Labute approximate surface area is 176 Å². The smallest absolute Gasteiger partial charge is 0.0808 e. The van der Waals surface area contributed by atoms with E-state index in [-0.39, 0.29) is 7.66 Å². The van der Waals surface area contributed by atoms with Crippen molar-refractivity contribution in [2.24, 2.45) is 4.99 Å². The Morgan fingerprint density at radius 2 is 1.81 bits per heavy atom. The highest BCUT2D eigenvalue weighted by atomic mass is 127. The van der Waals surface area contributed by atoms with Gasteiger partial charge in [0.05, 0.1) is 24.3 Å². The van der Waals surface area contributed by atoms with Gasteiger partial charge in [-0.3, -0.25) is 0 Å². The van der Waals surface area contributed by atoms with Crippen LogP contribution in [-0.2, 0) is 15.9 Å². The number of nitrogens with zero attached hydrogens (tertiary/aromatic N) is 2. The number of hydrogen-bond donors (Lipinski definition) is 0. The van der Waals surface area contributed by atoms with Gasteiger partial charge in [0.25, 0.3) is 0 Å². The van der Waals surface area contributed by atoms with Gasteiger partial charge in [0.15, 0.2) is 0 Å². The van der Waals surface area contributed by atoms with E-state index < -0.39 is 0 Å². The SMILES string of the molecule is CCc1cccc2c1=Nc1c(C)cc(N(CCOC)CCOC)cc1S=2I. The minimum atomic E-state index is -0.0134. The molecule has 0 spiro atoms. The van der Waals surface area contributed by atoms with Crippen LogP contribution in [-0.4, -0.2) is 40.5 Å². The number of methoxy groups -OCH3 is 2. The molecule has 0 aliphatic carbocycles. The summed E-state index contributed by atoms with van der Waals surface area (Å²) >= 11 is 2.59. The van der Waals surface area contributed by atoms with Crippen LogP contribution >= 0.6 is 28.9 Å². The number of para-hydroxylation sites is 1. The zero-order valence-electron chi connectivity index (χ0n) is 16.4. The van der Waals surface area contributed by atoms with E-state index in [4.69, 9.17) is 14.5 Å².